The Morgan fingerprint density at radius 1 is 0.867 bits per heavy atom. The van der Waals surface area contributed by atoms with Gasteiger partial charge in [0.05, 0.1) is 28.3 Å². The molecule has 0 aliphatic carbocycles. The normalized spacial score (nSPS) is 9.87. The third-order valence-corrected chi connectivity index (χ3v) is 4.61. The molecule has 9 heteroatoms. The molecule has 0 atom stereocenters. The second-order valence-electron chi connectivity index (χ2n) is 5.70. The van der Waals surface area contributed by atoms with Gasteiger partial charge < -0.3 is 20.3 Å². The van der Waals surface area contributed by atoms with E-state index in [-0.39, 0.29) is 21.4 Å². The molecule has 1 amide bonds. The Kier molecular flexibility index (Phi) is 8.35. The first-order valence-electron chi connectivity index (χ1n) is 8.31. The predicted octanol–water partition coefficient (Wildman–Crippen LogP) is 5.93. The summed E-state index contributed by atoms with van der Waals surface area (Å²) in [5, 5.41) is 9.32. The van der Waals surface area contributed by atoms with Gasteiger partial charge in [-0.3, -0.25) is 4.79 Å². The Balaban J connectivity index is 0.000000297. The number of hydrogen-bond donors (Lipinski definition) is 2. The average molecular weight is 469 g/mol. The highest BCUT2D eigenvalue weighted by molar-refractivity contribution is 6.42. The van der Waals surface area contributed by atoms with Gasteiger partial charge in [-0.25, -0.2) is 4.79 Å². The minimum absolute atomic E-state index is 0.112. The number of carbonyl (C=O) groups excluding carboxylic acids is 1. The number of aromatic carboxylic acids is 1. The van der Waals surface area contributed by atoms with Crippen molar-refractivity contribution in [2.75, 3.05) is 7.11 Å². The lowest BCUT2D eigenvalue weighted by Gasteiger charge is -2.13. The molecule has 0 spiro atoms. The molecule has 3 aromatic rings. The molecular formula is C21H16Cl3NO5. The molecule has 30 heavy (non-hydrogen) atoms. The highest BCUT2D eigenvalue weighted by Crippen LogP contribution is 2.37. The molecule has 0 aliphatic rings. The molecule has 3 aromatic carbocycles. The van der Waals surface area contributed by atoms with Gasteiger partial charge in [-0.1, -0.05) is 53.0 Å². The topological polar surface area (TPSA) is 98.9 Å². The third-order valence-electron chi connectivity index (χ3n) is 3.65. The fourth-order valence-corrected chi connectivity index (χ4v) is 2.71. The average Bonchev–Trinajstić information content (AvgIpc) is 2.72. The van der Waals surface area contributed by atoms with Crippen LogP contribution in [0.5, 0.6) is 17.2 Å². The van der Waals surface area contributed by atoms with Crippen molar-refractivity contribution in [2.24, 2.45) is 5.73 Å². The number of ether oxygens (including phenoxy) is 2. The number of benzene rings is 3. The van der Waals surface area contributed by atoms with E-state index in [9.17, 15) is 9.59 Å². The SMILES string of the molecule is COc1cc(Cl)ccc1Oc1cc(Cl)c(Cl)cc1C(N)=O.O=C(O)c1ccccc1. The van der Waals surface area contributed by atoms with Crippen LogP contribution in [0.4, 0.5) is 0 Å². The standard InChI is InChI=1S/C14H10Cl3NO3.C7H6O2/c1-20-13-4-7(15)2-3-11(13)21-12-6-10(17)9(16)5-8(12)14(18)19;8-7(9)6-4-2-1-3-5-6/h2-6H,1H3,(H2,18,19);1-5H,(H,8,9). The first-order valence-corrected chi connectivity index (χ1v) is 9.45. The van der Waals surface area contributed by atoms with Crippen LogP contribution < -0.4 is 15.2 Å². The van der Waals surface area contributed by atoms with E-state index in [2.05, 4.69) is 0 Å². The quantitative estimate of drug-likeness (QED) is 0.483. The lowest BCUT2D eigenvalue weighted by atomic mass is 10.2. The summed E-state index contributed by atoms with van der Waals surface area (Å²) in [6, 6.07) is 15.9. The van der Waals surface area contributed by atoms with E-state index in [1.54, 1.807) is 48.5 Å². The zero-order valence-electron chi connectivity index (χ0n) is 15.6. The van der Waals surface area contributed by atoms with Gasteiger partial charge in [0.25, 0.3) is 5.91 Å². The summed E-state index contributed by atoms with van der Waals surface area (Å²) < 4.78 is 10.8. The van der Waals surface area contributed by atoms with Crippen LogP contribution >= 0.6 is 34.8 Å². The lowest BCUT2D eigenvalue weighted by molar-refractivity contribution is 0.0696. The number of rotatable bonds is 5. The van der Waals surface area contributed by atoms with Crippen LogP contribution in [0.25, 0.3) is 0 Å². The van der Waals surface area contributed by atoms with Gasteiger partial charge in [-0.05, 0) is 30.3 Å². The Bertz CT molecular complexity index is 1060. The van der Waals surface area contributed by atoms with Crippen LogP contribution in [0.3, 0.4) is 0 Å². The predicted molar refractivity (Wildman–Crippen MR) is 116 cm³/mol. The first-order chi connectivity index (χ1) is 14.2. The van der Waals surface area contributed by atoms with Crippen molar-refractivity contribution in [3.8, 4) is 17.2 Å². The van der Waals surface area contributed by atoms with E-state index in [4.69, 9.17) is 55.1 Å². The monoisotopic (exact) mass is 467 g/mol. The van der Waals surface area contributed by atoms with E-state index in [1.807, 2.05) is 0 Å². The van der Waals surface area contributed by atoms with Crippen LogP contribution in [-0.2, 0) is 0 Å². The van der Waals surface area contributed by atoms with Gasteiger partial charge in [0.1, 0.15) is 5.75 Å². The van der Waals surface area contributed by atoms with Gasteiger partial charge in [0.2, 0.25) is 0 Å². The number of carbonyl (C=O) groups is 2. The summed E-state index contributed by atoms with van der Waals surface area (Å²) in [5.74, 6) is -0.614. The van der Waals surface area contributed by atoms with Gasteiger partial charge in [0, 0.05) is 17.2 Å². The third kappa shape index (κ3) is 6.29. The molecule has 0 heterocycles. The summed E-state index contributed by atoms with van der Waals surface area (Å²) >= 11 is 17.7. The Morgan fingerprint density at radius 2 is 1.50 bits per heavy atom. The van der Waals surface area contributed by atoms with Crippen molar-refractivity contribution in [2.45, 2.75) is 0 Å². The number of methoxy groups -OCH3 is 1. The Labute approximate surface area is 187 Å². The van der Waals surface area contributed by atoms with Crippen molar-refractivity contribution in [3.05, 3.63) is 86.9 Å². The molecule has 0 radical (unpaired) electrons. The van der Waals surface area contributed by atoms with Crippen molar-refractivity contribution in [1.82, 2.24) is 0 Å². The molecule has 0 fully saturated rings. The van der Waals surface area contributed by atoms with Crippen LogP contribution in [-0.4, -0.2) is 24.1 Å². The molecule has 0 aromatic heterocycles. The molecule has 0 bridgehead atoms. The maximum Gasteiger partial charge on any atom is 0.335 e. The summed E-state index contributed by atoms with van der Waals surface area (Å²) in [7, 11) is 1.47. The highest BCUT2D eigenvalue weighted by atomic mass is 35.5. The zero-order valence-corrected chi connectivity index (χ0v) is 17.8. The first kappa shape index (κ1) is 23.3. The van der Waals surface area contributed by atoms with Crippen molar-refractivity contribution in [1.29, 1.82) is 0 Å². The number of halogens is 3. The second-order valence-corrected chi connectivity index (χ2v) is 6.95. The molecule has 3 N–H and O–H groups in total. The van der Waals surface area contributed by atoms with Crippen LogP contribution in [0.15, 0.2) is 60.7 Å². The zero-order chi connectivity index (χ0) is 22.3. The number of nitrogens with two attached hydrogens (primary N) is 1. The lowest BCUT2D eigenvalue weighted by Crippen LogP contribution is -2.12. The Morgan fingerprint density at radius 3 is 2.03 bits per heavy atom. The summed E-state index contributed by atoms with van der Waals surface area (Å²) in [6.07, 6.45) is 0. The second kappa shape index (κ2) is 10.7. The fraction of sp³-hybridized carbons (Fsp3) is 0.0476. The fourth-order valence-electron chi connectivity index (χ4n) is 2.23. The van der Waals surface area contributed by atoms with Gasteiger partial charge >= 0.3 is 5.97 Å². The molecule has 0 aliphatic heterocycles. The molecule has 156 valence electrons. The smallest absolute Gasteiger partial charge is 0.335 e. The number of carboxylic acid groups (broad SMARTS) is 1. The largest absolute Gasteiger partial charge is 0.493 e. The number of hydrogen-bond acceptors (Lipinski definition) is 4. The molecule has 6 nitrogen and oxygen atoms in total. The number of carboxylic acids is 1. The van der Waals surface area contributed by atoms with E-state index in [0.717, 1.165) is 0 Å². The van der Waals surface area contributed by atoms with E-state index < -0.39 is 11.9 Å². The molecule has 0 saturated heterocycles. The maximum absolute atomic E-state index is 11.5. The molecule has 0 unspecified atom stereocenters. The van der Waals surface area contributed by atoms with Crippen LogP contribution in [0, 0.1) is 0 Å². The van der Waals surface area contributed by atoms with Crippen molar-refractivity contribution < 1.29 is 24.2 Å². The maximum atomic E-state index is 11.5. The van der Waals surface area contributed by atoms with Crippen LogP contribution in [0.1, 0.15) is 20.7 Å². The van der Waals surface area contributed by atoms with E-state index in [0.29, 0.717) is 22.1 Å². The van der Waals surface area contributed by atoms with Crippen molar-refractivity contribution in [3.63, 3.8) is 0 Å². The van der Waals surface area contributed by atoms with E-state index in [1.165, 1.54) is 19.2 Å². The number of amides is 1. The minimum atomic E-state index is -0.879. The van der Waals surface area contributed by atoms with Gasteiger partial charge in [-0.15, -0.1) is 0 Å². The summed E-state index contributed by atoms with van der Waals surface area (Å²) in [6.45, 7) is 0. The Hall–Kier alpha value is -2.93. The highest BCUT2D eigenvalue weighted by Gasteiger charge is 2.16. The molecule has 0 saturated carbocycles. The van der Waals surface area contributed by atoms with E-state index >= 15 is 0 Å². The molecule has 3 rings (SSSR count). The number of primary amides is 1. The van der Waals surface area contributed by atoms with Gasteiger partial charge in [-0.2, -0.15) is 0 Å². The minimum Gasteiger partial charge on any atom is -0.493 e. The van der Waals surface area contributed by atoms with Crippen LogP contribution in [0.2, 0.25) is 15.1 Å². The van der Waals surface area contributed by atoms with Gasteiger partial charge in [0.15, 0.2) is 11.5 Å². The molecular weight excluding hydrogens is 453 g/mol. The summed E-state index contributed by atoms with van der Waals surface area (Å²) in [5.41, 5.74) is 5.75. The summed E-state index contributed by atoms with van der Waals surface area (Å²) in [4.78, 5) is 21.7. The van der Waals surface area contributed by atoms with Crippen molar-refractivity contribution >= 4 is 46.7 Å².